The third kappa shape index (κ3) is 3.18. The largest absolute Gasteiger partial charge is 0.399 e. The van der Waals surface area contributed by atoms with Gasteiger partial charge in [0.2, 0.25) is 0 Å². The van der Waals surface area contributed by atoms with Crippen LogP contribution in [0.5, 0.6) is 0 Å². The van der Waals surface area contributed by atoms with Crippen molar-refractivity contribution >= 4 is 17.3 Å². The number of benzene rings is 2. The lowest BCUT2D eigenvalue weighted by molar-refractivity contribution is 0.102. The highest BCUT2D eigenvalue weighted by Crippen LogP contribution is 2.23. The molecule has 2 rings (SSSR count). The van der Waals surface area contributed by atoms with E-state index in [9.17, 15) is 4.79 Å². The van der Waals surface area contributed by atoms with E-state index >= 15 is 0 Å². The van der Waals surface area contributed by atoms with E-state index in [-0.39, 0.29) is 5.91 Å². The monoisotopic (exact) mass is 268 g/mol. The van der Waals surface area contributed by atoms with Crippen LogP contribution in [-0.4, -0.2) is 5.91 Å². The predicted molar refractivity (Wildman–Crippen MR) is 84.1 cm³/mol. The molecule has 0 radical (unpaired) electrons. The van der Waals surface area contributed by atoms with Crippen LogP contribution in [0.4, 0.5) is 11.4 Å². The molecule has 20 heavy (non-hydrogen) atoms. The zero-order valence-electron chi connectivity index (χ0n) is 12.1. The van der Waals surface area contributed by atoms with Gasteiger partial charge in [0.1, 0.15) is 0 Å². The first-order valence-corrected chi connectivity index (χ1v) is 6.75. The van der Waals surface area contributed by atoms with Gasteiger partial charge >= 0.3 is 0 Å². The van der Waals surface area contributed by atoms with Gasteiger partial charge in [-0.2, -0.15) is 0 Å². The Hall–Kier alpha value is -2.29. The second-order valence-electron chi connectivity index (χ2n) is 5.31. The Balaban J connectivity index is 2.23. The molecule has 0 heterocycles. The minimum Gasteiger partial charge on any atom is -0.399 e. The first kappa shape index (κ1) is 14.1. The van der Waals surface area contributed by atoms with Gasteiger partial charge in [0.05, 0.1) is 0 Å². The number of nitrogens with two attached hydrogens (primary N) is 1. The normalized spacial score (nSPS) is 10.6. The van der Waals surface area contributed by atoms with E-state index in [0.29, 0.717) is 17.2 Å². The lowest BCUT2D eigenvalue weighted by Gasteiger charge is -2.12. The van der Waals surface area contributed by atoms with Gasteiger partial charge in [0, 0.05) is 16.9 Å². The Kier molecular flexibility index (Phi) is 4.08. The Bertz CT molecular complexity index is 615. The first-order valence-electron chi connectivity index (χ1n) is 6.75. The maximum absolute atomic E-state index is 12.2. The van der Waals surface area contributed by atoms with Crippen LogP contribution >= 0.6 is 0 Å². The predicted octanol–water partition coefficient (Wildman–Crippen LogP) is 3.95. The van der Waals surface area contributed by atoms with Crippen LogP contribution in [0.15, 0.2) is 42.5 Å². The van der Waals surface area contributed by atoms with Gasteiger partial charge in [-0.05, 0) is 54.3 Å². The molecule has 0 aliphatic carbocycles. The molecule has 0 aromatic heterocycles. The molecule has 0 unspecified atom stereocenters. The Labute approximate surface area is 119 Å². The minimum absolute atomic E-state index is 0.117. The van der Waals surface area contributed by atoms with Crippen LogP contribution in [0, 0.1) is 6.92 Å². The van der Waals surface area contributed by atoms with Crippen LogP contribution in [0.25, 0.3) is 0 Å². The number of anilines is 2. The second-order valence-corrected chi connectivity index (χ2v) is 5.31. The fraction of sp³-hybridized carbons (Fsp3) is 0.235. The molecule has 0 aliphatic heterocycles. The Morgan fingerprint density at radius 1 is 1.10 bits per heavy atom. The van der Waals surface area contributed by atoms with Gasteiger partial charge < -0.3 is 11.1 Å². The van der Waals surface area contributed by atoms with Crippen LogP contribution < -0.4 is 11.1 Å². The summed E-state index contributed by atoms with van der Waals surface area (Å²) in [6.45, 7) is 6.26. The summed E-state index contributed by atoms with van der Waals surface area (Å²) < 4.78 is 0. The fourth-order valence-electron chi connectivity index (χ4n) is 1.96. The van der Waals surface area contributed by atoms with E-state index in [1.54, 1.807) is 24.3 Å². The average molecular weight is 268 g/mol. The highest BCUT2D eigenvalue weighted by atomic mass is 16.1. The van der Waals surface area contributed by atoms with E-state index in [0.717, 1.165) is 11.3 Å². The molecule has 3 N–H and O–H groups in total. The number of nitrogens with one attached hydrogen (secondary N) is 1. The number of aryl methyl sites for hydroxylation is 1. The number of carbonyl (C=O) groups excluding carboxylic acids is 1. The lowest BCUT2D eigenvalue weighted by Crippen LogP contribution is -2.13. The van der Waals surface area contributed by atoms with Gasteiger partial charge in [0.25, 0.3) is 5.91 Å². The summed E-state index contributed by atoms with van der Waals surface area (Å²) in [4.78, 5) is 12.2. The third-order valence-corrected chi connectivity index (χ3v) is 3.35. The topological polar surface area (TPSA) is 55.1 Å². The van der Waals surface area contributed by atoms with Crippen molar-refractivity contribution in [2.75, 3.05) is 11.1 Å². The van der Waals surface area contributed by atoms with E-state index < -0.39 is 0 Å². The van der Waals surface area contributed by atoms with Gasteiger partial charge in [-0.25, -0.2) is 0 Å². The smallest absolute Gasteiger partial charge is 0.255 e. The summed E-state index contributed by atoms with van der Waals surface area (Å²) in [6, 6.07) is 13.1. The van der Waals surface area contributed by atoms with E-state index in [1.165, 1.54) is 5.56 Å². The number of nitrogen functional groups attached to an aromatic ring is 1. The van der Waals surface area contributed by atoms with Crippen molar-refractivity contribution in [1.82, 2.24) is 0 Å². The molecule has 0 bridgehead atoms. The molecule has 0 saturated carbocycles. The van der Waals surface area contributed by atoms with Gasteiger partial charge in [-0.3, -0.25) is 4.79 Å². The highest BCUT2D eigenvalue weighted by Gasteiger charge is 2.09. The molecule has 0 atom stereocenters. The van der Waals surface area contributed by atoms with Crippen molar-refractivity contribution in [3.8, 4) is 0 Å². The van der Waals surface area contributed by atoms with Crippen molar-refractivity contribution in [2.24, 2.45) is 0 Å². The average Bonchev–Trinajstić information content (AvgIpc) is 2.41. The molecule has 0 aliphatic rings. The maximum Gasteiger partial charge on any atom is 0.255 e. The van der Waals surface area contributed by atoms with Crippen LogP contribution in [0.2, 0.25) is 0 Å². The maximum atomic E-state index is 12.2. The zero-order chi connectivity index (χ0) is 14.7. The van der Waals surface area contributed by atoms with E-state index in [2.05, 4.69) is 25.2 Å². The number of amides is 1. The summed E-state index contributed by atoms with van der Waals surface area (Å²) in [5, 5.41) is 2.96. The second kappa shape index (κ2) is 5.78. The quantitative estimate of drug-likeness (QED) is 0.828. The summed E-state index contributed by atoms with van der Waals surface area (Å²) in [7, 11) is 0. The van der Waals surface area contributed by atoms with Crippen LogP contribution in [0.3, 0.4) is 0 Å². The number of carbonyl (C=O) groups is 1. The molecule has 0 spiro atoms. The van der Waals surface area contributed by atoms with Crippen molar-refractivity contribution in [3.63, 3.8) is 0 Å². The summed E-state index contributed by atoms with van der Waals surface area (Å²) in [5.41, 5.74) is 10.0. The van der Waals surface area contributed by atoms with Crippen molar-refractivity contribution < 1.29 is 4.79 Å². The van der Waals surface area contributed by atoms with Crippen molar-refractivity contribution in [3.05, 3.63) is 59.2 Å². The first-order chi connectivity index (χ1) is 9.47. The summed E-state index contributed by atoms with van der Waals surface area (Å²) in [5.74, 6) is 0.316. The Morgan fingerprint density at radius 2 is 1.75 bits per heavy atom. The third-order valence-electron chi connectivity index (χ3n) is 3.35. The van der Waals surface area contributed by atoms with Gasteiger partial charge in [-0.1, -0.05) is 26.0 Å². The molecule has 104 valence electrons. The lowest BCUT2D eigenvalue weighted by atomic mass is 10.0. The highest BCUT2D eigenvalue weighted by molar-refractivity contribution is 6.04. The number of hydrogen-bond acceptors (Lipinski definition) is 2. The number of hydrogen-bond donors (Lipinski definition) is 2. The molecule has 0 fully saturated rings. The van der Waals surface area contributed by atoms with Gasteiger partial charge in [0.15, 0.2) is 0 Å². The molecule has 0 saturated heterocycles. The zero-order valence-corrected chi connectivity index (χ0v) is 12.1. The van der Waals surface area contributed by atoms with E-state index in [1.807, 2.05) is 19.1 Å². The molecular formula is C17H20N2O. The summed E-state index contributed by atoms with van der Waals surface area (Å²) in [6.07, 6.45) is 0. The molecule has 1 amide bonds. The Morgan fingerprint density at radius 3 is 2.35 bits per heavy atom. The molecule has 3 heteroatoms. The van der Waals surface area contributed by atoms with Crippen LogP contribution in [-0.2, 0) is 0 Å². The SMILES string of the molecule is Cc1ccc(C(C)C)cc1NC(=O)c1ccc(N)cc1. The summed E-state index contributed by atoms with van der Waals surface area (Å²) >= 11 is 0. The van der Waals surface area contributed by atoms with Crippen LogP contribution in [0.1, 0.15) is 41.3 Å². The fourth-order valence-corrected chi connectivity index (χ4v) is 1.96. The van der Waals surface area contributed by atoms with Crippen molar-refractivity contribution in [1.29, 1.82) is 0 Å². The van der Waals surface area contributed by atoms with Gasteiger partial charge in [-0.15, -0.1) is 0 Å². The molecule has 2 aromatic rings. The molecular weight excluding hydrogens is 248 g/mol. The van der Waals surface area contributed by atoms with Crippen molar-refractivity contribution in [2.45, 2.75) is 26.7 Å². The number of rotatable bonds is 3. The standard InChI is InChI=1S/C17H20N2O/c1-11(2)14-5-4-12(3)16(10-14)19-17(20)13-6-8-15(18)9-7-13/h4-11H,18H2,1-3H3,(H,19,20). The minimum atomic E-state index is -0.117. The molecule has 2 aromatic carbocycles. The van der Waals surface area contributed by atoms with E-state index in [4.69, 9.17) is 5.73 Å². The molecule has 3 nitrogen and oxygen atoms in total.